The summed E-state index contributed by atoms with van der Waals surface area (Å²) in [6.07, 6.45) is 0. The molecule has 6 heteroatoms. The summed E-state index contributed by atoms with van der Waals surface area (Å²) in [5.74, 6) is -0.298. The van der Waals surface area contributed by atoms with E-state index in [0.29, 0.717) is 12.3 Å². The van der Waals surface area contributed by atoms with E-state index in [9.17, 15) is 4.79 Å². The van der Waals surface area contributed by atoms with Crippen LogP contribution in [0.25, 0.3) is 11.1 Å². The van der Waals surface area contributed by atoms with Crippen molar-refractivity contribution in [3.8, 4) is 0 Å². The molecular weight excluding hydrogens is 326 g/mol. The average Bonchev–Trinajstić information content (AvgIpc) is 2.91. The Hall–Kier alpha value is -2.24. The molecule has 0 atom stereocenters. The number of para-hydroxylation sites is 2. The van der Waals surface area contributed by atoms with Crippen LogP contribution in [0.5, 0.6) is 0 Å². The maximum Gasteiger partial charge on any atom is 0.421 e. The highest BCUT2D eigenvalue weighted by Crippen LogP contribution is 2.21. The molecule has 0 radical (unpaired) electrons. The van der Waals surface area contributed by atoms with Gasteiger partial charge in [0.1, 0.15) is 0 Å². The first-order valence-corrected chi connectivity index (χ1v) is 8.40. The van der Waals surface area contributed by atoms with Crippen LogP contribution in [0.4, 0.5) is 5.69 Å². The minimum Gasteiger partial charge on any atom is -0.408 e. The van der Waals surface area contributed by atoms with E-state index in [4.69, 9.17) is 16.0 Å². The van der Waals surface area contributed by atoms with E-state index < -0.39 is 0 Å². The lowest BCUT2D eigenvalue weighted by molar-refractivity contribution is 0.202. The number of benzene rings is 2. The topological polar surface area (TPSA) is 41.6 Å². The third-order valence-electron chi connectivity index (χ3n) is 4.46. The Bertz CT molecular complexity index is 910. The van der Waals surface area contributed by atoms with Crippen LogP contribution in [-0.4, -0.2) is 35.6 Å². The largest absolute Gasteiger partial charge is 0.421 e. The van der Waals surface area contributed by atoms with Gasteiger partial charge in [-0.2, -0.15) is 0 Å². The van der Waals surface area contributed by atoms with Crippen molar-refractivity contribution in [2.24, 2.45) is 0 Å². The number of hydrogen-bond acceptors (Lipinski definition) is 4. The van der Waals surface area contributed by atoms with E-state index in [1.165, 1.54) is 0 Å². The molecule has 2 heterocycles. The maximum atomic E-state index is 12.1. The highest BCUT2D eigenvalue weighted by molar-refractivity contribution is 6.30. The first kappa shape index (κ1) is 15.3. The molecule has 0 saturated carbocycles. The highest BCUT2D eigenvalue weighted by Gasteiger charge is 2.19. The molecule has 0 bridgehead atoms. The zero-order valence-corrected chi connectivity index (χ0v) is 13.9. The Balaban J connectivity index is 1.46. The third-order valence-corrected chi connectivity index (χ3v) is 4.70. The van der Waals surface area contributed by atoms with Crippen LogP contribution < -0.4 is 10.7 Å². The fourth-order valence-corrected chi connectivity index (χ4v) is 3.35. The summed E-state index contributed by atoms with van der Waals surface area (Å²) < 4.78 is 7.00. The van der Waals surface area contributed by atoms with Crippen molar-refractivity contribution in [1.29, 1.82) is 0 Å². The van der Waals surface area contributed by atoms with E-state index in [1.807, 2.05) is 42.5 Å². The van der Waals surface area contributed by atoms with Crippen molar-refractivity contribution in [1.82, 2.24) is 9.47 Å². The second-order valence-electron chi connectivity index (χ2n) is 5.99. The summed E-state index contributed by atoms with van der Waals surface area (Å²) in [5.41, 5.74) is 2.63. The molecular formula is C18H18ClN3O2. The third kappa shape index (κ3) is 2.92. The highest BCUT2D eigenvalue weighted by atomic mass is 35.5. The zero-order chi connectivity index (χ0) is 16.5. The second kappa shape index (κ2) is 6.34. The van der Waals surface area contributed by atoms with E-state index in [1.54, 1.807) is 4.57 Å². The Morgan fingerprint density at radius 3 is 2.58 bits per heavy atom. The van der Waals surface area contributed by atoms with Crippen LogP contribution in [0.1, 0.15) is 0 Å². The van der Waals surface area contributed by atoms with E-state index >= 15 is 0 Å². The van der Waals surface area contributed by atoms with Crippen LogP contribution in [0.3, 0.4) is 0 Å². The monoisotopic (exact) mass is 343 g/mol. The van der Waals surface area contributed by atoms with Gasteiger partial charge < -0.3 is 9.32 Å². The minimum absolute atomic E-state index is 0.298. The van der Waals surface area contributed by atoms with E-state index in [0.717, 1.165) is 42.4 Å². The molecule has 5 nitrogen and oxygen atoms in total. The molecule has 4 rings (SSSR count). The summed E-state index contributed by atoms with van der Waals surface area (Å²) in [4.78, 5) is 16.7. The second-order valence-corrected chi connectivity index (χ2v) is 6.43. The van der Waals surface area contributed by atoms with Gasteiger partial charge in [0, 0.05) is 36.9 Å². The number of hydrogen-bond donors (Lipinski definition) is 0. The lowest BCUT2D eigenvalue weighted by Gasteiger charge is -2.36. The number of anilines is 1. The summed E-state index contributed by atoms with van der Waals surface area (Å²) in [6.45, 7) is 4.14. The molecule has 0 amide bonds. The van der Waals surface area contributed by atoms with Gasteiger partial charge in [-0.1, -0.05) is 29.8 Å². The van der Waals surface area contributed by atoms with E-state index in [2.05, 4.69) is 15.9 Å². The van der Waals surface area contributed by atoms with Gasteiger partial charge in [-0.25, -0.2) is 4.79 Å². The predicted molar refractivity (Wildman–Crippen MR) is 95.7 cm³/mol. The Morgan fingerprint density at radius 2 is 1.79 bits per heavy atom. The van der Waals surface area contributed by atoms with Gasteiger partial charge in [0.05, 0.1) is 12.2 Å². The number of halogens is 1. The summed E-state index contributed by atoms with van der Waals surface area (Å²) in [6, 6.07) is 15.5. The fourth-order valence-electron chi connectivity index (χ4n) is 3.17. The lowest BCUT2D eigenvalue weighted by Crippen LogP contribution is -2.47. The normalized spacial score (nSPS) is 16.0. The standard InChI is InChI=1S/C18H18ClN3O2/c19-14-4-3-5-15(12-14)21-10-8-20(9-11-21)13-22-16-6-1-2-7-17(16)24-18(22)23/h1-7,12H,8-11,13H2. The van der Waals surface area contributed by atoms with E-state index in [-0.39, 0.29) is 5.76 Å². The Morgan fingerprint density at radius 1 is 1.00 bits per heavy atom. The summed E-state index contributed by atoms with van der Waals surface area (Å²) in [5, 5.41) is 0.756. The molecule has 0 unspecified atom stereocenters. The van der Waals surface area contributed by atoms with Gasteiger partial charge >= 0.3 is 5.76 Å². The number of aromatic nitrogens is 1. The smallest absolute Gasteiger partial charge is 0.408 e. The molecule has 24 heavy (non-hydrogen) atoms. The molecule has 0 spiro atoms. The van der Waals surface area contributed by atoms with Gasteiger partial charge in [-0.05, 0) is 30.3 Å². The van der Waals surface area contributed by atoms with Crippen molar-refractivity contribution < 1.29 is 4.42 Å². The number of fused-ring (bicyclic) bond motifs is 1. The van der Waals surface area contributed by atoms with Crippen LogP contribution in [0.2, 0.25) is 5.02 Å². The molecule has 1 aliphatic rings. The number of oxazole rings is 1. The van der Waals surface area contributed by atoms with Gasteiger partial charge in [0.25, 0.3) is 0 Å². The van der Waals surface area contributed by atoms with Gasteiger partial charge in [-0.3, -0.25) is 9.47 Å². The molecule has 3 aromatic rings. The average molecular weight is 344 g/mol. The predicted octanol–water partition coefficient (Wildman–Crippen LogP) is 3.03. The van der Waals surface area contributed by atoms with Gasteiger partial charge in [-0.15, -0.1) is 0 Å². The van der Waals surface area contributed by atoms with Crippen LogP contribution in [0, 0.1) is 0 Å². The first-order valence-electron chi connectivity index (χ1n) is 8.02. The van der Waals surface area contributed by atoms with Crippen LogP contribution >= 0.6 is 11.6 Å². The first-order chi connectivity index (χ1) is 11.7. The fraction of sp³-hybridized carbons (Fsp3) is 0.278. The Kier molecular flexibility index (Phi) is 4.04. The quantitative estimate of drug-likeness (QED) is 0.733. The molecule has 0 N–H and O–H groups in total. The molecule has 1 saturated heterocycles. The molecule has 1 fully saturated rings. The molecule has 124 valence electrons. The Labute approximate surface area is 144 Å². The van der Waals surface area contributed by atoms with Crippen LogP contribution in [0.15, 0.2) is 57.7 Å². The summed E-state index contributed by atoms with van der Waals surface area (Å²) >= 11 is 6.07. The van der Waals surface area contributed by atoms with Crippen LogP contribution in [-0.2, 0) is 6.67 Å². The lowest BCUT2D eigenvalue weighted by atomic mass is 10.2. The molecule has 1 aromatic heterocycles. The number of rotatable bonds is 3. The molecule has 1 aliphatic heterocycles. The molecule has 2 aromatic carbocycles. The van der Waals surface area contributed by atoms with Crippen molar-refractivity contribution in [3.05, 3.63) is 64.1 Å². The van der Waals surface area contributed by atoms with Crippen molar-refractivity contribution >= 4 is 28.4 Å². The summed E-state index contributed by atoms with van der Waals surface area (Å²) in [7, 11) is 0. The minimum atomic E-state index is -0.298. The van der Waals surface area contributed by atoms with Crippen molar-refractivity contribution in [2.75, 3.05) is 31.1 Å². The van der Waals surface area contributed by atoms with Crippen molar-refractivity contribution in [2.45, 2.75) is 6.67 Å². The number of nitrogens with zero attached hydrogens (tertiary/aromatic N) is 3. The van der Waals surface area contributed by atoms with Crippen molar-refractivity contribution in [3.63, 3.8) is 0 Å². The zero-order valence-electron chi connectivity index (χ0n) is 13.2. The van der Waals surface area contributed by atoms with Gasteiger partial charge in [0.15, 0.2) is 5.58 Å². The molecule has 0 aliphatic carbocycles. The maximum absolute atomic E-state index is 12.1. The van der Waals surface area contributed by atoms with Gasteiger partial charge in [0.2, 0.25) is 0 Å². The number of piperazine rings is 1. The SMILES string of the molecule is O=c1oc2ccccc2n1CN1CCN(c2cccc(Cl)c2)CC1.